The zero-order valence-corrected chi connectivity index (χ0v) is 11.0. The summed E-state index contributed by atoms with van der Waals surface area (Å²) in [5.41, 5.74) is 0. The predicted molar refractivity (Wildman–Crippen MR) is 72.5 cm³/mol. The normalized spacial score (nSPS) is 10.9. The highest BCUT2D eigenvalue weighted by Gasteiger charge is 2.09. The summed E-state index contributed by atoms with van der Waals surface area (Å²) in [7, 11) is 0. The van der Waals surface area contributed by atoms with Crippen LogP contribution in [0, 0.1) is 0 Å². The molecule has 4 nitrogen and oxygen atoms in total. The number of hydrogen-bond acceptors (Lipinski definition) is 3. The Morgan fingerprint density at radius 1 is 1.17 bits per heavy atom. The van der Waals surface area contributed by atoms with E-state index in [0.29, 0.717) is 0 Å². The van der Waals surface area contributed by atoms with Crippen molar-refractivity contribution in [1.29, 1.82) is 0 Å². The summed E-state index contributed by atoms with van der Waals surface area (Å²) in [6.07, 6.45) is 7.70. The minimum Gasteiger partial charge on any atom is -0.334 e. The second-order valence-corrected chi connectivity index (χ2v) is 4.93. The average Bonchev–Trinajstić information content (AvgIpc) is 3.09. The van der Waals surface area contributed by atoms with E-state index in [0.717, 1.165) is 24.7 Å². The number of thiophene rings is 1. The van der Waals surface area contributed by atoms with Crippen LogP contribution in [-0.4, -0.2) is 19.1 Å². The molecule has 0 saturated heterocycles. The molecule has 3 heterocycles. The van der Waals surface area contributed by atoms with Crippen molar-refractivity contribution in [2.45, 2.75) is 20.0 Å². The van der Waals surface area contributed by atoms with Crippen LogP contribution in [0.15, 0.2) is 42.3 Å². The first-order valence-electron chi connectivity index (χ1n) is 5.93. The van der Waals surface area contributed by atoms with Gasteiger partial charge in [-0.15, -0.1) is 11.3 Å². The Bertz CT molecular complexity index is 621. The van der Waals surface area contributed by atoms with Crippen molar-refractivity contribution in [3.63, 3.8) is 0 Å². The number of nitrogens with zero attached hydrogens (tertiary/aromatic N) is 4. The summed E-state index contributed by atoms with van der Waals surface area (Å²) in [6.45, 7) is 3.83. The molecular formula is C13H14N4S. The van der Waals surface area contributed by atoms with Crippen molar-refractivity contribution < 1.29 is 0 Å². The van der Waals surface area contributed by atoms with E-state index in [1.54, 1.807) is 11.3 Å². The van der Waals surface area contributed by atoms with E-state index in [-0.39, 0.29) is 0 Å². The van der Waals surface area contributed by atoms with E-state index in [1.165, 1.54) is 4.88 Å². The molecule has 0 aliphatic heterocycles. The fourth-order valence-corrected chi connectivity index (χ4v) is 2.74. The molecule has 0 unspecified atom stereocenters. The predicted octanol–water partition coefficient (Wildman–Crippen LogP) is 2.88. The second kappa shape index (κ2) is 4.78. The largest absolute Gasteiger partial charge is 0.334 e. The highest BCUT2D eigenvalue weighted by Crippen LogP contribution is 2.23. The molecule has 3 aromatic heterocycles. The monoisotopic (exact) mass is 258 g/mol. The Balaban J connectivity index is 1.92. The van der Waals surface area contributed by atoms with Crippen molar-refractivity contribution >= 4 is 11.3 Å². The Labute approximate surface area is 110 Å². The Morgan fingerprint density at radius 2 is 2.00 bits per heavy atom. The van der Waals surface area contributed by atoms with Gasteiger partial charge in [-0.1, -0.05) is 6.07 Å². The summed E-state index contributed by atoms with van der Waals surface area (Å²) < 4.78 is 4.29. The molecule has 5 heteroatoms. The van der Waals surface area contributed by atoms with Gasteiger partial charge in [0.25, 0.3) is 0 Å². The quantitative estimate of drug-likeness (QED) is 0.721. The number of aryl methyl sites for hydroxylation is 1. The zero-order valence-electron chi connectivity index (χ0n) is 10.2. The summed E-state index contributed by atoms with van der Waals surface area (Å²) >= 11 is 1.71. The molecule has 0 aliphatic carbocycles. The SMILES string of the molecule is CCn1ccnc1Cn1ccnc1-c1cccs1. The van der Waals surface area contributed by atoms with Gasteiger partial charge in [-0.25, -0.2) is 9.97 Å². The number of rotatable bonds is 4. The van der Waals surface area contributed by atoms with Gasteiger partial charge < -0.3 is 9.13 Å². The first kappa shape index (κ1) is 11.2. The smallest absolute Gasteiger partial charge is 0.150 e. The van der Waals surface area contributed by atoms with Crippen LogP contribution < -0.4 is 0 Å². The Morgan fingerprint density at radius 3 is 2.78 bits per heavy atom. The summed E-state index contributed by atoms with van der Waals surface area (Å²) in [6, 6.07) is 4.14. The van der Waals surface area contributed by atoms with E-state index in [2.05, 4.69) is 37.5 Å². The standard InChI is InChI=1S/C13H14N4S/c1-2-16-7-5-14-12(16)10-17-8-6-15-13(17)11-4-3-9-18-11/h3-9H,2,10H2,1H3. The summed E-state index contributed by atoms with van der Waals surface area (Å²) in [4.78, 5) is 10.0. The molecule has 18 heavy (non-hydrogen) atoms. The van der Waals surface area contributed by atoms with Crippen LogP contribution in [0.5, 0.6) is 0 Å². The lowest BCUT2D eigenvalue weighted by Crippen LogP contribution is -2.07. The van der Waals surface area contributed by atoms with E-state index in [1.807, 2.05) is 30.9 Å². The molecule has 0 aromatic carbocycles. The van der Waals surface area contributed by atoms with Gasteiger partial charge in [-0.2, -0.15) is 0 Å². The van der Waals surface area contributed by atoms with E-state index in [9.17, 15) is 0 Å². The van der Waals surface area contributed by atoms with Crippen LogP contribution in [0.3, 0.4) is 0 Å². The van der Waals surface area contributed by atoms with Gasteiger partial charge >= 0.3 is 0 Å². The van der Waals surface area contributed by atoms with Gasteiger partial charge in [0.2, 0.25) is 0 Å². The first-order chi connectivity index (χ1) is 8.88. The van der Waals surface area contributed by atoms with Crippen molar-refractivity contribution in [3.8, 4) is 10.7 Å². The van der Waals surface area contributed by atoms with Gasteiger partial charge in [-0.05, 0) is 18.4 Å². The molecule has 0 radical (unpaired) electrons. The molecule has 0 bridgehead atoms. The molecule has 0 aliphatic rings. The van der Waals surface area contributed by atoms with E-state index < -0.39 is 0 Å². The fourth-order valence-electron chi connectivity index (χ4n) is 2.00. The Kier molecular flexibility index (Phi) is 2.98. The second-order valence-electron chi connectivity index (χ2n) is 3.99. The molecule has 3 aromatic rings. The highest BCUT2D eigenvalue weighted by molar-refractivity contribution is 7.13. The van der Waals surface area contributed by atoms with Crippen LogP contribution in [-0.2, 0) is 13.1 Å². The summed E-state index contributed by atoms with van der Waals surface area (Å²) in [5, 5.41) is 2.07. The molecule has 0 saturated carbocycles. The van der Waals surface area contributed by atoms with Crippen LogP contribution in [0.4, 0.5) is 0 Å². The summed E-state index contributed by atoms with van der Waals surface area (Å²) in [5.74, 6) is 2.07. The maximum absolute atomic E-state index is 4.43. The van der Waals surface area contributed by atoms with Gasteiger partial charge in [0.15, 0.2) is 0 Å². The average molecular weight is 258 g/mol. The Hall–Kier alpha value is -1.88. The van der Waals surface area contributed by atoms with Crippen LogP contribution in [0.2, 0.25) is 0 Å². The molecule has 0 spiro atoms. The van der Waals surface area contributed by atoms with Crippen LogP contribution in [0.1, 0.15) is 12.7 Å². The molecule has 0 amide bonds. The lowest BCUT2D eigenvalue weighted by molar-refractivity contribution is 0.654. The number of hydrogen-bond donors (Lipinski definition) is 0. The maximum Gasteiger partial charge on any atom is 0.150 e. The van der Waals surface area contributed by atoms with Crippen molar-refractivity contribution in [1.82, 2.24) is 19.1 Å². The van der Waals surface area contributed by atoms with E-state index in [4.69, 9.17) is 0 Å². The van der Waals surface area contributed by atoms with Gasteiger partial charge in [0, 0.05) is 31.3 Å². The van der Waals surface area contributed by atoms with Crippen molar-refractivity contribution in [2.24, 2.45) is 0 Å². The molecule has 92 valence electrons. The first-order valence-corrected chi connectivity index (χ1v) is 6.81. The van der Waals surface area contributed by atoms with Crippen LogP contribution in [0.25, 0.3) is 10.7 Å². The minimum absolute atomic E-state index is 0.758. The highest BCUT2D eigenvalue weighted by atomic mass is 32.1. The zero-order chi connectivity index (χ0) is 12.4. The maximum atomic E-state index is 4.43. The third kappa shape index (κ3) is 1.97. The third-order valence-electron chi connectivity index (χ3n) is 2.91. The van der Waals surface area contributed by atoms with E-state index >= 15 is 0 Å². The lowest BCUT2D eigenvalue weighted by atomic mass is 10.4. The third-order valence-corrected chi connectivity index (χ3v) is 3.78. The number of imidazole rings is 2. The minimum atomic E-state index is 0.758. The topological polar surface area (TPSA) is 35.6 Å². The molecule has 0 fully saturated rings. The lowest BCUT2D eigenvalue weighted by Gasteiger charge is -2.08. The van der Waals surface area contributed by atoms with Crippen molar-refractivity contribution in [3.05, 3.63) is 48.1 Å². The van der Waals surface area contributed by atoms with Crippen molar-refractivity contribution in [2.75, 3.05) is 0 Å². The van der Waals surface area contributed by atoms with Crippen LogP contribution >= 0.6 is 11.3 Å². The van der Waals surface area contributed by atoms with Gasteiger partial charge in [0.05, 0.1) is 11.4 Å². The molecular weight excluding hydrogens is 244 g/mol. The van der Waals surface area contributed by atoms with Gasteiger partial charge in [0.1, 0.15) is 11.6 Å². The fraction of sp³-hybridized carbons (Fsp3) is 0.231. The number of aromatic nitrogens is 4. The van der Waals surface area contributed by atoms with Gasteiger partial charge in [-0.3, -0.25) is 0 Å². The molecule has 3 rings (SSSR count). The molecule has 0 atom stereocenters. The molecule has 0 N–H and O–H groups in total.